The highest BCUT2D eigenvalue weighted by atomic mass is 16.4. The van der Waals surface area contributed by atoms with Crippen molar-refractivity contribution in [3.05, 3.63) is 0 Å². The average Bonchev–Trinajstić information content (AvgIpc) is 2.64. The molecule has 0 aromatic rings. The van der Waals surface area contributed by atoms with E-state index in [1.54, 1.807) is 0 Å². The Balaban J connectivity index is -0.000000709. The van der Waals surface area contributed by atoms with E-state index in [0.29, 0.717) is 0 Å². The largest absolute Gasteiger partial charge is 1.00 e. The third kappa shape index (κ3) is 33.3. The van der Waals surface area contributed by atoms with Crippen LogP contribution in [0.4, 0.5) is 0 Å². The standard InChI is InChI=1S/C18H36O2.C3H8O3.O/c1-2-3-4-5-6-7-8-9-10-11-12-13-14-15-16-17-18(19)20;4-1-3(6)2-5;/h2-17H2,1H3,(H,19,20);3-6H,1-2H2;/q;;+1/p-1. The predicted octanol–water partition coefficient (Wildman–Crippen LogP) is 3.21. The number of unbranched alkanes of at least 4 members (excludes halogenated alkanes) is 14. The molecular formula is C21H43O6. The summed E-state index contributed by atoms with van der Waals surface area (Å²) in [7, 11) is 0. The van der Waals surface area contributed by atoms with Crippen LogP contribution in [0.3, 0.4) is 0 Å². The van der Waals surface area contributed by atoms with E-state index in [1.165, 1.54) is 83.5 Å². The number of aliphatic hydroxyl groups excluding tert-OH is 3. The van der Waals surface area contributed by atoms with Crippen LogP contribution in [0.15, 0.2) is 0 Å². The summed E-state index contributed by atoms with van der Waals surface area (Å²) < 4.78 is 0. The molecule has 0 amide bonds. The van der Waals surface area contributed by atoms with E-state index in [9.17, 15) is 9.90 Å². The summed E-state index contributed by atoms with van der Waals surface area (Å²) in [6, 6.07) is 0. The molecule has 163 valence electrons. The minimum Gasteiger partial charge on any atom is -0.550 e. The third-order valence-electron chi connectivity index (χ3n) is 4.41. The number of aliphatic carboxylic acids is 1. The minimum atomic E-state index is -0.954. The molecule has 0 aliphatic heterocycles. The number of rotatable bonds is 18. The third-order valence-corrected chi connectivity index (χ3v) is 4.41. The molecule has 0 bridgehead atoms. The van der Waals surface area contributed by atoms with Crippen molar-refractivity contribution < 1.29 is 30.7 Å². The van der Waals surface area contributed by atoms with E-state index in [-0.39, 0.29) is 25.1 Å². The first-order chi connectivity index (χ1) is 12.6. The van der Waals surface area contributed by atoms with Gasteiger partial charge in [0.25, 0.3) is 0 Å². The van der Waals surface area contributed by atoms with Crippen LogP contribution in [0.1, 0.15) is 110 Å². The fourth-order valence-corrected chi connectivity index (χ4v) is 2.70. The van der Waals surface area contributed by atoms with E-state index in [2.05, 4.69) is 6.92 Å². The van der Waals surface area contributed by atoms with Crippen molar-refractivity contribution in [2.45, 2.75) is 116 Å². The van der Waals surface area contributed by atoms with E-state index in [0.717, 1.165) is 12.8 Å². The first-order valence-electron chi connectivity index (χ1n) is 10.7. The van der Waals surface area contributed by atoms with Gasteiger partial charge >= 0.3 is 5.48 Å². The van der Waals surface area contributed by atoms with Gasteiger partial charge in [-0.3, -0.25) is 0 Å². The maximum Gasteiger partial charge on any atom is 1.00 e. The summed E-state index contributed by atoms with van der Waals surface area (Å²) in [4.78, 5) is 10.2. The Labute approximate surface area is 166 Å². The highest BCUT2D eigenvalue weighted by Crippen LogP contribution is 2.13. The van der Waals surface area contributed by atoms with Gasteiger partial charge < -0.3 is 25.2 Å². The Morgan fingerprint density at radius 3 is 1.22 bits per heavy atom. The van der Waals surface area contributed by atoms with Gasteiger partial charge in [-0.1, -0.05) is 96.8 Å². The van der Waals surface area contributed by atoms with E-state index < -0.39 is 12.1 Å². The van der Waals surface area contributed by atoms with Crippen LogP contribution in [0, 0.1) is 0 Å². The lowest BCUT2D eigenvalue weighted by Gasteiger charge is -2.04. The van der Waals surface area contributed by atoms with Crippen molar-refractivity contribution in [2.75, 3.05) is 13.2 Å². The second-order valence-electron chi connectivity index (χ2n) is 7.09. The van der Waals surface area contributed by atoms with Crippen LogP contribution in [-0.4, -0.2) is 40.6 Å². The number of carbonyl (C=O) groups is 1. The fraction of sp³-hybridized carbons (Fsp3) is 0.952. The van der Waals surface area contributed by atoms with Gasteiger partial charge in [-0.25, -0.2) is 0 Å². The molecular weight excluding hydrogens is 348 g/mol. The van der Waals surface area contributed by atoms with Crippen molar-refractivity contribution in [3.63, 3.8) is 0 Å². The van der Waals surface area contributed by atoms with E-state index >= 15 is 0 Å². The molecule has 0 heterocycles. The van der Waals surface area contributed by atoms with E-state index in [4.69, 9.17) is 15.3 Å². The lowest BCUT2D eigenvalue weighted by molar-refractivity contribution is -0.305. The van der Waals surface area contributed by atoms with Crippen LogP contribution in [0.2, 0.25) is 0 Å². The van der Waals surface area contributed by atoms with Crippen LogP contribution in [0.25, 0.3) is 0 Å². The minimum absolute atomic E-state index is 0. The van der Waals surface area contributed by atoms with E-state index in [1.807, 2.05) is 0 Å². The van der Waals surface area contributed by atoms with Gasteiger partial charge in [0.05, 0.1) is 13.2 Å². The Hall–Kier alpha value is -0.690. The monoisotopic (exact) mass is 391 g/mol. The number of carboxylic acid groups (broad SMARTS) is 1. The molecule has 3 radical (unpaired) electrons. The van der Waals surface area contributed by atoms with Gasteiger partial charge in [-0.2, -0.15) is 0 Å². The lowest BCUT2D eigenvalue weighted by Crippen LogP contribution is -2.21. The molecule has 6 nitrogen and oxygen atoms in total. The maximum absolute atomic E-state index is 10.2. The number of carboxylic acids is 1. The van der Waals surface area contributed by atoms with Crippen molar-refractivity contribution in [2.24, 2.45) is 0 Å². The van der Waals surface area contributed by atoms with Gasteiger partial charge in [0.1, 0.15) is 6.10 Å². The topological polar surface area (TPSA) is 129 Å². The van der Waals surface area contributed by atoms with Crippen LogP contribution < -0.4 is 5.11 Å². The molecule has 0 saturated carbocycles. The second kappa shape index (κ2) is 27.5. The summed E-state index contributed by atoms with van der Waals surface area (Å²) in [5.41, 5.74) is 0. The molecule has 3 N–H and O–H groups in total. The quantitative estimate of drug-likeness (QED) is 0.244. The van der Waals surface area contributed by atoms with Crippen molar-refractivity contribution >= 4 is 5.97 Å². The highest BCUT2D eigenvalue weighted by Gasteiger charge is 1.95. The summed E-state index contributed by atoms with van der Waals surface area (Å²) in [6.07, 6.45) is 18.9. The Kier molecular flexibility index (Phi) is 31.6. The van der Waals surface area contributed by atoms with Crippen molar-refractivity contribution in [1.82, 2.24) is 0 Å². The maximum atomic E-state index is 10.2. The molecule has 0 aromatic carbocycles. The van der Waals surface area contributed by atoms with Crippen molar-refractivity contribution in [3.8, 4) is 0 Å². The zero-order valence-electron chi connectivity index (χ0n) is 17.4. The first kappa shape index (κ1) is 31.0. The number of hydrogen-bond donors (Lipinski definition) is 3. The van der Waals surface area contributed by atoms with Crippen LogP contribution in [-0.2, 0) is 10.3 Å². The summed E-state index contributed by atoms with van der Waals surface area (Å²) in [5, 5.41) is 34.2. The zero-order chi connectivity index (χ0) is 19.9. The van der Waals surface area contributed by atoms with Crippen LogP contribution in [0.5, 0.6) is 0 Å². The molecule has 0 aromatic heterocycles. The summed E-state index contributed by atoms with van der Waals surface area (Å²) in [6.45, 7) is 1.54. The van der Waals surface area contributed by atoms with Crippen molar-refractivity contribution in [1.29, 1.82) is 0 Å². The molecule has 0 rings (SSSR count). The van der Waals surface area contributed by atoms with Gasteiger partial charge in [-0.05, 0) is 12.8 Å². The number of aliphatic hydroxyl groups is 3. The molecule has 0 aliphatic rings. The molecule has 0 unspecified atom stereocenters. The second-order valence-corrected chi connectivity index (χ2v) is 7.09. The summed E-state index contributed by atoms with van der Waals surface area (Å²) >= 11 is 0. The van der Waals surface area contributed by atoms with Gasteiger partial charge in [0.15, 0.2) is 0 Å². The zero-order valence-corrected chi connectivity index (χ0v) is 17.4. The lowest BCUT2D eigenvalue weighted by atomic mass is 10.0. The fourth-order valence-electron chi connectivity index (χ4n) is 2.70. The smallest absolute Gasteiger partial charge is 0.550 e. The van der Waals surface area contributed by atoms with Gasteiger partial charge in [-0.15, -0.1) is 0 Å². The predicted molar refractivity (Wildman–Crippen MR) is 105 cm³/mol. The SMILES string of the molecule is CCCCCCCCCCCCCCCCCC(=O)[O-].OCC(O)CO.[O+]. The molecule has 0 fully saturated rings. The molecule has 0 saturated heterocycles. The van der Waals surface area contributed by atoms with Gasteiger partial charge in [0.2, 0.25) is 0 Å². The molecule has 0 aliphatic carbocycles. The molecule has 0 spiro atoms. The molecule has 27 heavy (non-hydrogen) atoms. The number of hydrogen-bond acceptors (Lipinski definition) is 5. The Morgan fingerprint density at radius 2 is 1.00 bits per heavy atom. The summed E-state index contributed by atoms with van der Waals surface area (Å²) in [5.74, 6) is -0.903. The molecule has 6 heteroatoms. The number of carbonyl (C=O) groups excluding carboxylic acids is 1. The van der Waals surface area contributed by atoms with Gasteiger partial charge in [0, 0.05) is 5.97 Å². The normalized spacial score (nSPS) is 10.3. The highest BCUT2D eigenvalue weighted by molar-refractivity contribution is 5.63. The average molecular weight is 392 g/mol. The first-order valence-corrected chi connectivity index (χ1v) is 10.7. The molecule has 0 atom stereocenters. The Morgan fingerprint density at radius 1 is 0.704 bits per heavy atom. The van der Waals surface area contributed by atoms with Crippen LogP contribution >= 0.6 is 0 Å². The Bertz CT molecular complexity index is 269.